The van der Waals surface area contributed by atoms with Crippen LogP contribution in [0.3, 0.4) is 0 Å². The van der Waals surface area contributed by atoms with E-state index in [1.807, 2.05) is 0 Å². The Bertz CT molecular complexity index is 616. The summed E-state index contributed by atoms with van der Waals surface area (Å²) in [5.74, 6) is -2.50. The highest BCUT2D eigenvalue weighted by molar-refractivity contribution is 6.06. The molecule has 0 spiro atoms. The number of aromatic nitrogens is 2. The highest BCUT2D eigenvalue weighted by Crippen LogP contribution is 2.25. The molecule has 0 saturated carbocycles. The van der Waals surface area contributed by atoms with Crippen LogP contribution in [-0.2, 0) is 0 Å². The number of nitrogens with zero attached hydrogens (tertiary/aromatic N) is 2. The number of ether oxygens (including phenoxy) is 1. The van der Waals surface area contributed by atoms with E-state index >= 15 is 0 Å². The Morgan fingerprint density at radius 2 is 2.06 bits per heavy atom. The molecule has 7 heteroatoms. The topological polar surface area (TPSA) is 101 Å². The highest BCUT2D eigenvalue weighted by atomic mass is 16.5. The van der Waals surface area contributed by atoms with Crippen molar-refractivity contribution in [1.29, 1.82) is 0 Å². The van der Waals surface area contributed by atoms with Crippen molar-refractivity contribution in [3.63, 3.8) is 0 Å². The lowest BCUT2D eigenvalue weighted by Gasteiger charge is -2.02. The maximum Gasteiger partial charge on any atom is 0.357 e. The molecule has 7 nitrogen and oxygen atoms in total. The van der Waals surface area contributed by atoms with Crippen LogP contribution in [0.4, 0.5) is 0 Å². The molecule has 0 bridgehead atoms. The van der Waals surface area contributed by atoms with E-state index in [4.69, 9.17) is 14.9 Å². The van der Waals surface area contributed by atoms with Gasteiger partial charge in [0.05, 0.1) is 7.11 Å². The molecule has 0 atom stereocenters. The maximum atomic E-state index is 11.1. The van der Waals surface area contributed by atoms with E-state index in [-0.39, 0.29) is 16.8 Å². The van der Waals surface area contributed by atoms with Gasteiger partial charge in [-0.25, -0.2) is 14.1 Å². The van der Waals surface area contributed by atoms with E-state index in [0.717, 1.165) is 0 Å². The van der Waals surface area contributed by atoms with Gasteiger partial charge in [-0.2, -0.15) is 5.10 Å². The monoisotopic (exact) mass is 236 g/mol. The Balaban J connectivity index is 2.91. The first-order valence-corrected chi connectivity index (χ1v) is 4.58. The van der Waals surface area contributed by atoms with Crippen molar-refractivity contribution in [3.05, 3.63) is 29.6 Å². The van der Waals surface area contributed by atoms with Gasteiger partial charge in [-0.05, 0) is 12.1 Å². The van der Waals surface area contributed by atoms with Crippen LogP contribution in [0, 0.1) is 0 Å². The molecule has 2 rings (SSSR count). The molecule has 0 aliphatic carbocycles. The molecule has 0 aliphatic rings. The van der Waals surface area contributed by atoms with Crippen molar-refractivity contribution in [2.45, 2.75) is 0 Å². The molecular weight excluding hydrogens is 228 g/mol. The predicted molar refractivity (Wildman–Crippen MR) is 55.7 cm³/mol. The van der Waals surface area contributed by atoms with Crippen LogP contribution in [0.5, 0.6) is 5.75 Å². The Hall–Kier alpha value is -2.57. The molecule has 2 N–H and O–H groups in total. The van der Waals surface area contributed by atoms with Crippen molar-refractivity contribution in [2.24, 2.45) is 0 Å². The zero-order valence-electron chi connectivity index (χ0n) is 8.75. The van der Waals surface area contributed by atoms with E-state index in [9.17, 15) is 9.59 Å². The lowest BCUT2D eigenvalue weighted by Crippen LogP contribution is -2.06. The van der Waals surface area contributed by atoms with Gasteiger partial charge >= 0.3 is 11.9 Å². The van der Waals surface area contributed by atoms with Gasteiger partial charge in [-0.1, -0.05) is 0 Å². The molecule has 0 aromatic carbocycles. The summed E-state index contributed by atoms with van der Waals surface area (Å²) in [5, 5.41) is 21.6. The number of fused-ring (bicyclic) bond motifs is 1. The summed E-state index contributed by atoms with van der Waals surface area (Å²) < 4.78 is 6.17. The number of aromatic carboxylic acids is 2. The fraction of sp³-hybridized carbons (Fsp3) is 0.100. The third-order valence-electron chi connectivity index (χ3n) is 2.26. The molecule has 0 saturated heterocycles. The van der Waals surface area contributed by atoms with Crippen molar-refractivity contribution < 1.29 is 24.5 Å². The van der Waals surface area contributed by atoms with Crippen molar-refractivity contribution >= 4 is 17.5 Å². The Morgan fingerprint density at radius 3 is 2.59 bits per heavy atom. The number of rotatable bonds is 3. The number of hydrogen-bond donors (Lipinski definition) is 2. The summed E-state index contributed by atoms with van der Waals surface area (Å²) >= 11 is 0. The molecule has 0 aliphatic heterocycles. The van der Waals surface area contributed by atoms with E-state index in [1.165, 1.54) is 23.9 Å². The minimum absolute atomic E-state index is 0.125. The highest BCUT2D eigenvalue weighted by Gasteiger charge is 2.26. The molecule has 2 aromatic rings. The number of pyridine rings is 1. The number of carboxylic acid groups (broad SMARTS) is 2. The summed E-state index contributed by atoms with van der Waals surface area (Å²) in [6.07, 6.45) is 1.46. The number of methoxy groups -OCH3 is 1. The fourth-order valence-electron chi connectivity index (χ4n) is 1.59. The van der Waals surface area contributed by atoms with Gasteiger partial charge in [-0.15, -0.1) is 0 Å². The zero-order chi connectivity index (χ0) is 12.6. The van der Waals surface area contributed by atoms with Gasteiger partial charge in [-0.3, -0.25) is 0 Å². The molecule has 0 radical (unpaired) electrons. The van der Waals surface area contributed by atoms with Crippen LogP contribution in [-0.4, -0.2) is 38.9 Å². The van der Waals surface area contributed by atoms with Crippen LogP contribution >= 0.6 is 0 Å². The van der Waals surface area contributed by atoms with Gasteiger partial charge in [0.15, 0.2) is 5.69 Å². The van der Waals surface area contributed by atoms with E-state index in [1.54, 1.807) is 6.07 Å². The number of hydrogen-bond acceptors (Lipinski definition) is 4. The molecular formula is C10H8N2O5. The normalized spacial score (nSPS) is 10.4. The second kappa shape index (κ2) is 3.78. The molecule has 2 aromatic heterocycles. The number of carboxylic acids is 2. The van der Waals surface area contributed by atoms with Gasteiger partial charge in [0, 0.05) is 6.20 Å². The summed E-state index contributed by atoms with van der Waals surface area (Å²) in [7, 11) is 1.37. The lowest BCUT2D eigenvalue weighted by atomic mass is 10.2. The van der Waals surface area contributed by atoms with Crippen molar-refractivity contribution in [2.75, 3.05) is 7.11 Å². The minimum Gasteiger partial charge on any atom is -0.494 e. The Labute approximate surface area is 94.9 Å². The smallest absolute Gasteiger partial charge is 0.357 e. The minimum atomic E-state index is -1.40. The molecule has 17 heavy (non-hydrogen) atoms. The first kappa shape index (κ1) is 10.9. The Morgan fingerprint density at radius 1 is 1.35 bits per heavy atom. The van der Waals surface area contributed by atoms with E-state index in [0.29, 0.717) is 0 Å². The van der Waals surface area contributed by atoms with Crippen molar-refractivity contribution in [3.8, 4) is 5.75 Å². The van der Waals surface area contributed by atoms with Crippen LogP contribution in [0.15, 0.2) is 18.3 Å². The standard InChI is InChI=1S/C10H8N2O5/c1-17-5-3-2-4-12-8(5)6(9(13)14)7(11-12)10(15)16/h2-4H,1H3,(H,13,14)(H,15,16). The van der Waals surface area contributed by atoms with E-state index in [2.05, 4.69) is 5.10 Å². The zero-order valence-corrected chi connectivity index (χ0v) is 8.75. The second-order valence-corrected chi connectivity index (χ2v) is 3.20. The molecule has 0 fully saturated rings. The van der Waals surface area contributed by atoms with E-state index < -0.39 is 17.6 Å². The fourth-order valence-corrected chi connectivity index (χ4v) is 1.59. The third kappa shape index (κ3) is 1.57. The van der Waals surface area contributed by atoms with Gasteiger partial charge < -0.3 is 14.9 Å². The maximum absolute atomic E-state index is 11.1. The summed E-state index contributed by atoms with van der Waals surface area (Å²) in [4.78, 5) is 22.0. The van der Waals surface area contributed by atoms with Gasteiger partial charge in [0.1, 0.15) is 16.8 Å². The largest absolute Gasteiger partial charge is 0.494 e. The quantitative estimate of drug-likeness (QED) is 0.814. The first-order valence-electron chi connectivity index (χ1n) is 4.58. The SMILES string of the molecule is COc1cccn2nc(C(=O)O)c(C(=O)O)c12. The van der Waals surface area contributed by atoms with Gasteiger partial charge in [0.25, 0.3) is 0 Å². The average Bonchev–Trinajstić information content (AvgIpc) is 2.67. The average molecular weight is 236 g/mol. The predicted octanol–water partition coefficient (Wildman–Crippen LogP) is 0.739. The van der Waals surface area contributed by atoms with Crippen LogP contribution in [0.1, 0.15) is 20.8 Å². The Kier molecular flexibility index (Phi) is 2.43. The molecule has 0 amide bonds. The molecule has 88 valence electrons. The van der Waals surface area contributed by atoms with Crippen LogP contribution < -0.4 is 4.74 Å². The summed E-state index contributed by atoms with van der Waals surface area (Å²) in [5.41, 5.74) is -0.767. The van der Waals surface area contributed by atoms with Crippen molar-refractivity contribution in [1.82, 2.24) is 9.61 Å². The summed E-state index contributed by atoms with van der Waals surface area (Å²) in [6, 6.07) is 3.12. The van der Waals surface area contributed by atoms with Crippen LogP contribution in [0.2, 0.25) is 0 Å². The molecule has 2 heterocycles. The van der Waals surface area contributed by atoms with Crippen LogP contribution in [0.25, 0.3) is 5.52 Å². The molecule has 0 unspecified atom stereocenters. The third-order valence-corrected chi connectivity index (χ3v) is 2.26. The first-order chi connectivity index (χ1) is 8.06. The second-order valence-electron chi connectivity index (χ2n) is 3.20. The summed E-state index contributed by atoms with van der Waals surface area (Å²) in [6.45, 7) is 0. The van der Waals surface area contributed by atoms with Gasteiger partial charge in [0.2, 0.25) is 0 Å². The lowest BCUT2D eigenvalue weighted by molar-refractivity contribution is 0.0649. The number of carbonyl (C=O) groups is 2.